The molecule has 31 heavy (non-hydrogen) atoms. The fourth-order valence-corrected chi connectivity index (χ4v) is 2.84. The van der Waals surface area contributed by atoms with Crippen molar-refractivity contribution >= 4 is 41.5 Å². The SMILES string of the molecule is CCNC(=NCc1cccc(NC(=O)c2ccco2)c1)NCCc1ccc(F)cc1.I. The van der Waals surface area contributed by atoms with Crippen molar-refractivity contribution in [3.05, 3.63) is 89.6 Å². The van der Waals surface area contributed by atoms with Crippen molar-refractivity contribution in [2.75, 3.05) is 18.4 Å². The van der Waals surface area contributed by atoms with Crippen LogP contribution in [-0.4, -0.2) is 25.0 Å². The lowest BCUT2D eigenvalue weighted by atomic mass is 10.1. The van der Waals surface area contributed by atoms with E-state index in [1.165, 1.54) is 18.4 Å². The van der Waals surface area contributed by atoms with Gasteiger partial charge < -0.3 is 20.4 Å². The number of nitrogens with zero attached hydrogens (tertiary/aromatic N) is 1. The molecule has 0 aliphatic heterocycles. The summed E-state index contributed by atoms with van der Waals surface area (Å²) >= 11 is 0. The molecule has 0 aliphatic rings. The van der Waals surface area contributed by atoms with Crippen LogP contribution in [0.25, 0.3) is 0 Å². The second-order valence-electron chi connectivity index (χ2n) is 6.63. The average Bonchev–Trinajstić information content (AvgIpc) is 3.29. The molecule has 164 valence electrons. The van der Waals surface area contributed by atoms with E-state index in [2.05, 4.69) is 20.9 Å². The molecule has 1 amide bonds. The maximum Gasteiger partial charge on any atom is 0.291 e. The number of nitrogens with one attached hydrogen (secondary N) is 3. The Morgan fingerprint density at radius 2 is 1.84 bits per heavy atom. The van der Waals surface area contributed by atoms with E-state index in [4.69, 9.17) is 4.42 Å². The van der Waals surface area contributed by atoms with Crippen LogP contribution in [-0.2, 0) is 13.0 Å². The number of anilines is 1. The molecule has 0 radical (unpaired) electrons. The van der Waals surface area contributed by atoms with E-state index in [9.17, 15) is 9.18 Å². The number of hydrogen-bond acceptors (Lipinski definition) is 3. The van der Waals surface area contributed by atoms with Gasteiger partial charge in [-0.25, -0.2) is 9.38 Å². The Morgan fingerprint density at radius 1 is 1.03 bits per heavy atom. The van der Waals surface area contributed by atoms with Gasteiger partial charge in [0.15, 0.2) is 11.7 Å². The molecule has 0 saturated heterocycles. The third kappa shape index (κ3) is 8.05. The molecular formula is C23H26FIN4O2. The summed E-state index contributed by atoms with van der Waals surface area (Å²) in [6, 6.07) is 17.3. The quantitative estimate of drug-likeness (QED) is 0.224. The van der Waals surface area contributed by atoms with Crippen LogP contribution in [0.4, 0.5) is 10.1 Å². The van der Waals surface area contributed by atoms with Crippen molar-refractivity contribution in [2.24, 2.45) is 4.99 Å². The number of guanidine groups is 1. The monoisotopic (exact) mass is 536 g/mol. The van der Waals surface area contributed by atoms with E-state index in [0.29, 0.717) is 24.7 Å². The van der Waals surface area contributed by atoms with E-state index < -0.39 is 0 Å². The number of halogens is 2. The first-order valence-corrected chi connectivity index (χ1v) is 9.84. The van der Waals surface area contributed by atoms with Crippen LogP contribution in [0.5, 0.6) is 0 Å². The van der Waals surface area contributed by atoms with Gasteiger partial charge in [0.1, 0.15) is 5.82 Å². The topological polar surface area (TPSA) is 78.7 Å². The molecule has 3 N–H and O–H groups in total. The molecule has 0 spiro atoms. The van der Waals surface area contributed by atoms with Crippen molar-refractivity contribution in [1.29, 1.82) is 0 Å². The van der Waals surface area contributed by atoms with Gasteiger partial charge >= 0.3 is 0 Å². The Hall–Kier alpha value is -2.88. The average molecular weight is 536 g/mol. The van der Waals surface area contributed by atoms with Crippen molar-refractivity contribution < 1.29 is 13.6 Å². The number of amides is 1. The van der Waals surface area contributed by atoms with E-state index in [1.54, 1.807) is 24.3 Å². The molecule has 3 aromatic rings. The zero-order valence-electron chi connectivity index (χ0n) is 17.2. The minimum absolute atomic E-state index is 0. The van der Waals surface area contributed by atoms with E-state index in [0.717, 1.165) is 24.1 Å². The molecule has 0 unspecified atom stereocenters. The van der Waals surface area contributed by atoms with Crippen LogP contribution in [0, 0.1) is 5.82 Å². The van der Waals surface area contributed by atoms with Gasteiger partial charge in [0.2, 0.25) is 0 Å². The molecule has 8 heteroatoms. The number of aliphatic imine (C=N–C) groups is 1. The molecule has 0 bridgehead atoms. The smallest absolute Gasteiger partial charge is 0.291 e. The fraction of sp³-hybridized carbons (Fsp3) is 0.217. The van der Waals surface area contributed by atoms with Gasteiger partial charge in [-0.2, -0.15) is 0 Å². The van der Waals surface area contributed by atoms with Crippen molar-refractivity contribution in [3.8, 4) is 0 Å². The van der Waals surface area contributed by atoms with Crippen molar-refractivity contribution in [2.45, 2.75) is 19.9 Å². The molecule has 0 aliphatic carbocycles. The number of hydrogen-bond donors (Lipinski definition) is 3. The zero-order valence-corrected chi connectivity index (χ0v) is 19.6. The highest BCUT2D eigenvalue weighted by atomic mass is 127. The Morgan fingerprint density at radius 3 is 2.55 bits per heavy atom. The summed E-state index contributed by atoms with van der Waals surface area (Å²) < 4.78 is 18.1. The lowest BCUT2D eigenvalue weighted by molar-refractivity contribution is 0.0996. The number of rotatable bonds is 8. The normalized spacial score (nSPS) is 10.8. The predicted octanol–water partition coefficient (Wildman–Crippen LogP) is 4.59. The van der Waals surface area contributed by atoms with Gasteiger partial charge in [0.25, 0.3) is 5.91 Å². The Labute approximate surface area is 198 Å². The van der Waals surface area contributed by atoms with Gasteiger partial charge in [0, 0.05) is 18.8 Å². The number of carbonyl (C=O) groups is 1. The van der Waals surface area contributed by atoms with E-state index in [1.807, 2.05) is 31.2 Å². The molecule has 0 atom stereocenters. The Kier molecular flexibility index (Phi) is 10.0. The van der Waals surface area contributed by atoms with Crippen LogP contribution < -0.4 is 16.0 Å². The minimum Gasteiger partial charge on any atom is -0.459 e. The summed E-state index contributed by atoms with van der Waals surface area (Å²) in [6.07, 6.45) is 2.23. The summed E-state index contributed by atoms with van der Waals surface area (Å²) in [5.41, 5.74) is 2.70. The third-order valence-electron chi connectivity index (χ3n) is 4.31. The van der Waals surface area contributed by atoms with Crippen LogP contribution in [0.15, 0.2) is 76.3 Å². The maximum absolute atomic E-state index is 13.0. The number of benzene rings is 2. The van der Waals surface area contributed by atoms with Gasteiger partial charge in [0.05, 0.1) is 12.8 Å². The number of carbonyl (C=O) groups excluding carboxylic acids is 1. The second-order valence-corrected chi connectivity index (χ2v) is 6.63. The molecule has 1 heterocycles. The maximum atomic E-state index is 13.0. The summed E-state index contributed by atoms with van der Waals surface area (Å²) in [6.45, 7) is 3.87. The number of furan rings is 1. The van der Waals surface area contributed by atoms with Gasteiger partial charge in [-0.05, 0) is 60.9 Å². The van der Waals surface area contributed by atoms with Gasteiger partial charge in [-0.3, -0.25) is 4.79 Å². The van der Waals surface area contributed by atoms with Gasteiger partial charge in [-0.1, -0.05) is 24.3 Å². The highest BCUT2D eigenvalue weighted by molar-refractivity contribution is 14.0. The van der Waals surface area contributed by atoms with Crippen LogP contribution in [0.1, 0.15) is 28.6 Å². The van der Waals surface area contributed by atoms with E-state index >= 15 is 0 Å². The Bertz CT molecular complexity index is 976. The highest BCUT2D eigenvalue weighted by Crippen LogP contribution is 2.13. The van der Waals surface area contributed by atoms with E-state index in [-0.39, 0.29) is 41.5 Å². The van der Waals surface area contributed by atoms with Crippen molar-refractivity contribution in [3.63, 3.8) is 0 Å². The molecule has 3 rings (SSSR count). The summed E-state index contributed by atoms with van der Waals surface area (Å²) in [5.74, 6) is 0.434. The first-order valence-electron chi connectivity index (χ1n) is 9.84. The van der Waals surface area contributed by atoms with Crippen LogP contribution in [0.3, 0.4) is 0 Å². The lowest BCUT2D eigenvalue weighted by Gasteiger charge is -2.12. The minimum atomic E-state index is -0.295. The molecule has 1 aromatic heterocycles. The molecule has 2 aromatic carbocycles. The lowest BCUT2D eigenvalue weighted by Crippen LogP contribution is -2.38. The standard InChI is InChI=1S/C23H25FN4O2.HI/c1-2-25-23(26-13-12-17-8-10-19(24)11-9-17)27-16-18-5-3-6-20(15-18)28-22(29)21-7-4-14-30-21;/h3-11,14-15H,2,12-13,16H2,1H3,(H,28,29)(H2,25,26,27);1H. The zero-order chi connectivity index (χ0) is 21.2. The fourth-order valence-electron chi connectivity index (χ4n) is 2.84. The molecule has 0 fully saturated rings. The summed E-state index contributed by atoms with van der Waals surface area (Å²) in [5, 5.41) is 9.31. The van der Waals surface area contributed by atoms with Crippen LogP contribution >= 0.6 is 24.0 Å². The first kappa shape index (κ1) is 24.4. The largest absolute Gasteiger partial charge is 0.459 e. The third-order valence-corrected chi connectivity index (χ3v) is 4.31. The second kappa shape index (κ2) is 12.7. The van der Waals surface area contributed by atoms with Gasteiger partial charge in [-0.15, -0.1) is 24.0 Å². The highest BCUT2D eigenvalue weighted by Gasteiger charge is 2.08. The van der Waals surface area contributed by atoms with Crippen LogP contribution in [0.2, 0.25) is 0 Å². The molecular weight excluding hydrogens is 510 g/mol. The summed E-state index contributed by atoms with van der Waals surface area (Å²) in [7, 11) is 0. The Balaban J connectivity index is 0.00000341. The first-order chi connectivity index (χ1) is 14.6. The van der Waals surface area contributed by atoms with Crippen molar-refractivity contribution in [1.82, 2.24) is 10.6 Å². The summed E-state index contributed by atoms with van der Waals surface area (Å²) in [4.78, 5) is 16.7. The molecule has 0 saturated carbocycles. The predicted molar refractivity (Wildman–Crippen MR) is 131 cm³/mol. The molecule has 6 nitrogen and oxygen atoms in total.